The Bertz CT molecular complexity index is 710. The molecule has 20 heavy (non-hydrogen) atoms. The fraction of sp³-hybridized carbons (Fsp3) is 0.200. The molecule has 0 aliphatic heterocycles. The van der Waals surface area contributed by atoms with Crippen molar-refractivity contribution in [2.24, 2.45) is 7.05 Å². The van der Waals surface area contributed by atoms with Gasteiger partial charge in [0.1, 0.15) is 0 Å². The lowest BCUT2D eigenvalue weighted by atomic mass is 10.1. The van der Waals surface area contributed by atoms with Crippen LogP contribution in [0.2, 0.25) is 0 Å². The van der Waals surface area contributed by atoms with Crippen LogP contribution in [0, 0.1) is 0 Å². The Morgan fingerprint density at radius 3 is 2.75 bits per heavy atom. The normalized spacial score (nSPS) is 10.8. The molecule has 0 atom stereocenters. The summed E-state index contributed by atoms with van der Waals surface area (Å²) in [4.78, 5) is 0. The molecular weight excluding hydrogens is 250 g/mol. The maximum Gasteiger partial charge on any atom is 0.0569 e. The summed E-state index contributed by atoms with van der Waals surface area (Å²) in [5.74, 6) is 0. The van der Waals surface area contributed by atoms with Crippen LogP contribution in [-0.4, -0.2) is 19.6 Å². The first-order chi connectivity index (χ1) is 9.74. The van der Waals surface area contributed by atoms with Crippen LogP contribution in [0.4, 0.5) is 5.69 Å². The summed E-state index contributed by atoms with van der Waals surface area (Å²) in [6, 6.07) is 9.87. The molecular formula is C15H17N5. The molecule has 0 bridgehead atoms. The zero-order chi connectivity index (χ0) is 13.9. The first-order valence-electron chi connectivity index (χ1n) is 6.58. The first-order valence-corrected chi connectivity index (χ1v) is 6.58. The third-order valence-electron chi connectivity index (χ3n) is 3.42. The molecule has 5 nitrogen and oxygen atoms in total. The van der Waals surface area contributed by atoms with Crippen LogP contribution in [0.15, 0.2) is 48.9 Å². The van der Waals surface area contributed by atoms with Crippen LogP contribution in [0.1, 0.15) is 5.69 Å². The van der Waals surface area contributed by atoms with E-state index in [1.165, 1.54) is 5.69 Å². The zero-order valence-electron chi connectivity index (χ0n) is 11.4. The van der Waals surface area contributed by atoms with Crippen LogP contribution in [0.5, 0.6) is 0 Å². The van der Waals surface area contributed by atoms with Gasteiger partial charge >= 0.3 is 0 Å². The number of aryl methyl sites for hydroxylation is 3. The minimum absolute atomic E-state index is 0.777. The van der Waals surface area contributed by atoms with Crippen molar-refractivity contribution in [2.45, 2.75) is 13.0 Å². The highest BCUT2D eigenvalue weighted by Crippen LogP contribution is 2.24. The molecule has 2 heterocycles. The summed E-state index contributed by atoms with van der Waals surface area (Å²) in [6.07, 6.45) is 6.60. The molecule has 3 rings (SSSR count). The van der Waals surface area contributed by atoms with Crippen LogP contribution in [0.25, 0.3) is 11.1 Å². The largest absolute Gasteiger partial charge is 0.398 e. The van der Waals surface area contributed by atoms with E-state index in [-0.39, 0.29) is 0 Å². The van der Waals surface area contributed by atoms with Crippen LogP contribution >= 0.6 is 0 Å². The average molecular weight is 267 g/mol. The predicted molar refractivity (Wildman–Crippen MR) is 79.0 cm³/mol. The molecule has 5 heteroatoms. The van der Waals surface area contributed by atoms with Crippen molar-refractivity contribution in [3.8, 4) is 11.1 Å². The molecule has 2 aromatic heterocycles. The van der Waals surface area contributed by atoms with E-state index in [0.717, 1.165) is 29.8 Å². The van der Waals surface area contributed by atoms with E-state index < -0.39 is 0 Å². The Balaban J connectivity index is 1.74. The second-order valence-electron chi connectivity index (χ2n) is 4.78. The summed E-state index contributed by atoms with van der Waals surface area (Å²) in [6.45, 7) is 0.826. The Morgan fingerprint density at radius 1 is 1.15 bits per heavy atom. The van der Waals surface area contributed by atoms with Gasteiger partial charge in [-0.2, -0.15) is 10.2 Å². The van der Waals surface area contributed by atoms with E-state index in [2.05, 4.69) is 10.2 Å². The summed E-state index contributed by atoms with van der Waals surface area (Å²) < 4.78 is 3.83. The first kappa shape index (κ1) is 12.5. The Labute approximate surface area is 117 Å². The third kappa shape index (κ3) is 2.42. The highest BCUT2D eigenvalue weighted by atomic mass is 15.3. The zero-order valence-corrected chi connectivity index (χ0v) is 11.4. The predicted octanol–water partition coefficient (Wildman–Crippen LogP) is 2.11. The third-order valence-corrected chi connectivity index (χ3v) is 3.42. The smallest absolute Gasteiger partial charge is 0.0569 e. The SMILES string of the molecule is Cn1nccc1CCn1cc(-c2ccccc2N)cn1. The molecule has 0 unspecified atom stereocenters. The number of nitrogens with two attached hydrogens (primary N) is 1. The van der Waals surface area contributed by atoms with E-state index >= 15 is 0 Å². The van der Waals surface area contributed by atoms with Gasteiger partial charge in [0.05, 0.1) is 6.20 Å². The van der Waals surface area contributed by atoms with Crippen LogP contribution in [0.3, 0.4) is 0 Å². The second kappa shape index (κ2) is 5.21. The van der Waals surface area contributed by atoms with E-state index in [9.17, 15) is 0 Å². The number of hydrogen-bond donors (Lipinski definition) is 1. The van der Waals surface area contributed by atoms with Gasteiger partial charge in [-0.3, -0.25) is 9.36 Å². The number of anilines is 1. The van der Waals surface area contributed by atoms with Gasteiger partial charge in [-0.1, -0.05) is 18.2 Å². The molecule has 102 valence electrons. The van der Waals surface area contributed by atoms with Gasteiger partial charge in [-0.15, -0.1) is 0 Å². The molecule has 0 saturated heterocycles. The van der Waals surface area contributed by atoms with Crippen molar-refractivity contribution < 1.29 is 0 Å². The van der Waals surface area contributed by atoms with Crippen molar-refractivity contribution in [1.82, 2.24) is 19.6 Å². The van der Waals surface area contributed by atoms with Gasteiger partial charge in [0.2, 0.25) is 0 Å². The molecule has 2 N–H and O–H groups in total. The maximum absolute atomic E-state index is 5.98. The highest BCUT2D eigenvalue weighted by Gasteiger charge is 2.05. The summed E-state index contributed by atoms with van der Waals surface area (Å²) >= 11 is 0. The lowest BCUT2D eigenvalue weighted by molar-refractivity contribution is 0.586. The molecule has 0 aliphatic carbocycles. The molecule has 0 amide bonds. The standard InChI is InChI=1S/C15H17N5/c1-19-13(6-8-17-19)7-9-20-11-12(10-18-20)14-4-2-3-5-15(14)16/h2-6,8,10-11H,7,9,16H2,1H3. The number of nitrogen functional groups attached to an aromatic ring is 1. The summed E-state index contributed by atoms with van der Waals surface area (Å²) in [7, 11) is 1.95. The minimum Gasteiger partial charge on any atom is -0.398 e. The maximum atomic E-state index is 5.98. The number of benzene rings is 1. The Hall–Kier alpha value is -2.56. The molecule has 0 radical (unpaired) electrons. The van der Waals surface area contributed by atoms with Crippen LogP contribution < -0.4 is 5.73 Å². The lowest BCUT2D eigenvalue weighted by Gasteiger charge is -2.03. The van der Waals surface area contributed by atoms with Gasteiger partial charge < -0.3 is 5.73 Å². The van der Waals surface area contributed by atoms with Crippen molar-refractivity contribution in [3.63, 3.8) is 0 Å². The number of rotatable bonds is 4. The number of nitrogens with zero attached hydrogens (tertiary/aromatic N) is 4. The van der Waals surface area contributed by atoms with E-state index in [1.54, 1.807) is 0 Å². The quantitative estimate of drug-likeness (QED) is 0.736. The molecule has 0 fully saturated rings. The molecule has 3 aromatic rings. The number of para-hydroxylation sites is 1. The molecule has 0 spiro atoms. The van der Waals surface area contributed by atoms with E-state index in [0.29, 0.717) is 0 Å². The second-order valence-corrected chi connectivity index (χ2v) is 4.78. The van der Waals surface area contributed by atoms with E-state index in [4.69, 9.17) is 5.73 Å². The van der Waals surface area contributed by atoms with Crippen LogP contribution in [-0.2, 0) is 20.0 Å². The van der Waals surface area contributed by atoms with Crippen molar-refractivity contribution in [3.05, 3.63) is 54.6 Å². The highest BCUT2D eigenvalue weighted by molar-refractivity contribution is 5.75. The van der Waals surface area contributed by atoms with Gasteiger partial charge in [0.25, 0.3) is 0 Å². The topological polar surface area (TPSA) is 61.7 Å². The lowest BCUT2D eigenvalue weighted by Crippen LogP contribution is -2.05. The van der Waals surface area contributed by atoms with Gasteiger partial charge in [-0.25, -0.2) is 0 Å². The Kier molecular flexibility index (Phi) is 3.25. The van der Waals surface area contributed by atoms with Gasteiger partial charge in [0.15, 0.2) is 0 Å². The summed E-state index contributed by atoms with van der Waals surface area (Å²) in [5.41, 5.74) is 10.0. The minimum atomic E-state index is 0.777. The van der Waals surface area contributed by atoms with Crippen molar-refractivity contribution in [2.75, 3.05) is 5.73 Å². The monoisotopic (exact) mass is 267 g/mol. The summed E-state index contributed by atoms with van der Waals surface area (Å²) in [5, 5.41) is 8.56. The average Bonchev–Trinajstić information content (AvgIpc) is 3.06. The van der Waals surface area contributed by atoms with Gasteiger partial charge in [0, 0.05) is 54.9 Å². The van der Waals surface area contributed by atoms with Crippen molar-refractivity contribution in [1.29, 1.82) is 0 Å². The molecule has 1 aromatic carbocycles. The van der Waals surface area contributed by atoms with E-state index in [1.807, 2.05) is 65.3 Å². The molecule has 0 aliphatic rings. The number of hydrogen-bond acceptors (Lipinski definition) is 3. The van der Waals surface area contributed by atoms with Crippen molar-refractivity contribution >= 4 is 5.69 Å². The van der Waals surface area contributed by atoms with Gasteiger partial charge in [-0.05, 0) is 12.1 Å². The number of aromatic nitrogens is 4. The fourth-order valence-corrected chi connectivity index (χ4v) is 2.26. The molecule has 0 saturated carbocycles. The fourth-order valence-electron chi connectivity index (χ4n) is 2.26. The Morgan fingerprint density at radius 2 is 2.00 bits per heavy atom.